The van der Waals surface area contributed by atoms with Gasteiger partial charge in [-0.05, 0) is 76.1 Å². The number of likely N-dealkylation sites (N-methyl/N-ethyl adjacent to an activating group) is 1. The van der Waals surface area contributed by atoms with Gasteiger partial charge in [-0.25, -0.2) is 4.39 Å². The molecular weight excluding hydrogens is 577 g/mol. The van der Waals surface area contributed by atoms with Crippen LogP contribution in [0.25, 0.3) is 11.5 Å². The molecule has 2 aromatic heterocycles. The molecule has 3 aliphatic heterocycles. The van der Waals surface area contributed by atoms with Gasteiger partial charge in [0.2, 0.25) is 11.8 Å². The summed E-state index contributed by atoms with van der Waals surface area (Å²) in [6, 6.07) is 7.90. The van der Waals surface area contributed by atoms with Crippen molar-refractivity contribution in [1.29, 1.82) is 5.26 Å². The van der Waals surface area contributed by atoms with Gasteiger partial charge in [-0.3, -0.25) is 4.90 Å². The van der Waals surface area contributed by atoms with Crippen LogP contribution in [0.1, 0.15) is 67.0 Å². The Morgan fingerprint density at radius 2 is 2.00 bits per heavy atom. The molecule has 0 bridgehead atoms. The molecule has 12 heteroatoms. The minimum atomic E-state index is -0.881. The lowest BCUT2D eigenvalue weighted by Crippen LogP contribution is -2.79. The summed E-state index contributed by atoms with van der Waals surface area (Å²) in [6.45, 7) is 4.19. The van der Waals surface area contributed by atoms with Crippen molar-refractivity contribution in [3.8, 4) is 29.3 Å². The zero-order chi connectivity index (χ0) is 30.9. The number of fused-ring (bicyclic) bond motifs is 4. The van der Waals surface area contributed by atoms with Crippen LogP contribution in [0.15, 0.2) is 22.7 Å². The molecule has 8 rings (SSSR count). The predicted octanol–water partition coefficient (Wildman–Crippen LogP) is 3.47. The molecule has 2 spiro atoms. The minimum absolute atomic E-state index is 0.0817. The van der Waals surface area contributed by atoms with Crippen LogP contribution in [0.4, 0.5) is 10.1 Å². The number of hydrogen-bond donors (Lipinski definition) is 2. The normalized spacial score (nSPS) is 28.9. The van der Waals surface area contributed by atoms with Gasteiger partial charge in [0.05, 0.1) is 30.3 Å². The number of nitriles is 1. The fourth-order valence-corrected chi connectivity index (χ4v) is 8.29. The molecule has 5 aliphatic rings. The minimum Gasteiger partial charge on any atom is -0.473 e. The van der Waals surface area contributed by atoms with Crippen molar-refractivity contribution in [3.63, 3.8) is 0 Å². The summed E-state index contributed by atoms with van der Waals surface area (Å²) in [6.07, 6.45) is 4.31. The van der Waals surface area contributed by atoms with Gasteiger partial charge in [0, 0.05) is 30.4 Å². The Hall–Kier alpha value is -3.79. The summed E-state index contributed by atoms with van der Waals surface area (Å²) in [5.41, 5.74) is 10.3. The van der Waals surface area contributed by atoms with Gasteiger partial charge >= 0.3 is 0 Å². The molecule has 2 aliphatic carbocycles. The van der Waals surface area contributed by atoms with E-state index in [4.69, 9.17) is 34.4 Å². The van der Waals surface area contributed by atoms with E-state index < -0.39 is 11.6 Å². The second-order valence-corrected chi connectivity index (χ2v) is 13.5. The number of nitrogen functional groups attached to an aromatic ring is 1. The highest BCUT2D eigenvalue weighted by Gasteiger charge is 2.54. The molecule has 11 nitrogen and oxygen atoms in total. The fraction of sp³-hybridized carbons (Fsp3) is 0.576. The third kappa shape index (κ3) is 4.50. The maximum absolute atomic E-state index is 14.2. The summed E-state index contributed by atoms with van der Waals surface area (Å²) in [4.78, 5) is 11.7. The number of ether oxygens (including phenoxy) is 3. The second-order valence-electron chi connectivity index (χ2n) is 13.5. The number of rotatable bonds is 6. The lowest BCUT2D eigenvalue weighted by molar-refractivity contribution is -0.165. The van der Waals surface area contributed by atoms with Crippen LogP contribution in [0.3, 0.4) is 0 Å². The third-order valence-electron chi connectivity index (χ3n) is 10.7. The lowest BCUT2D eigenvalue weighted by Gasteiger charge is -2.54. The molecule has 0 saturated carbocycles. The Labute approximate surface area is 261 Å². The van der Waals surface area contributed by atoms with Gasteiger partial charge in [-0.15, -0.1) is 0 Å². The Morgan fingerprint density at radius 3 is 2.69 bits per heavy atom. The van der Waals surface area contributed by atoms with Crippen LogP contribution in [-0.4, -0.2) is 83.3 Å². The number of benzene rings is 1. The lowest BCUT2D eigenvalue weighted by atomic mass is 9.61. The van der Waals surface area contributed by atoms with E-state index >= 15 is 0 Å². The fourth-order valence-electron chi connectivity index (χ4n) is 8.29. The van der Waals surface area contributed by atoms with E-state index in [1.54, 1.807) is 6.07 Å². The molecule has 0 unspecified atom stereocenters. The topological polar surface area (TPSA) is 145 Å². The van der Waals surface area contributed by atoms with Gasteiger partial charge in [0.1, 0.15) is 30.0 Å². The van der Waals surface area contributed by atoms with Gasteiger partial charge in [-0.2, -0.15) is 15.2 Å². The van der Waals surface area contributed by atoms with Crippen molar-refractivity contribution in [2.75, 3.05) is 39.1 Å². The largest absolute Gasteiger partial charge is 0.473 e. The Kier molecular flexibility index (Phi) is 6.78. The number of aromatic nitrogens is 3. The number of likely N-dealkylation sites (tertiary alicyclic amines) is 1. The highest BCUT2D eigenvalue weighted by molar-refractivity contribution is 5.67. The molecule has 3 N–H and O–H groups in total. The summed E-state index contributed by atoms with van der Waals surface area (Å²) in [5.74, 6) is 1.85. The molecule has 45 heavy (non-hydrogen) atoms. The maximum atomic E-state index is 14.2. The number of anilines is 1. The molecule has 3 saturated heterocycles. The molecule has 5 heterocycles. The average Bonchev–Trinajstić information content (AvgIpc) is 3.58. The quantitative estimate of drug-likeness (QED) is 0.393. The monoisotopic (exact) mass is 615 g/mol. The Bertz CT molecular complexity index is 1680. The van der Waals surface area contributed by atoms with Crippen molar-refractivity contribution < 1.29 is 23.1 Å². The first-order chi connectivity index (χ1) is 21.8. The maximum Gasteiger partial charge on any atom is 0.221 e. The number of alkyl halides is 1. The average molecular weight is 616 g/mol. The van der Waals surface area contributed by atoms with Crippen LogP contribution in [-0.2, 0) is 23.0 Å². The first kappa shape index (κ1) is 28.7. The van der Waals surface area contributed by atoms with Crippen molar-refractivity contribution in [3.05, 3.63) is 46.2 Å². The number of hydrogen-bond acceptors (Lipinski definition) is 11. The smallest absolute Gasteiger partial charge is 0.221 e. The summed E-state index contributed by atoms with van der Waals surface area (Å²) >= 11 is 0. The number of aryl methyl sites for hydroxylation is 1. The first-order valence-corrected chi connectivity index (χ1v) is 16.0. The van der Waals surface area contributed by atoms with Crippen LogP contribution < -0.4 is 20.5 Å². The van der Waals surface area contributed by atoms with Crippen molar-refractivity contribution in [1.82, 2.24) is 25.3 Å². The standard InChI is InChI=1S/C33H38FN7O4/c1-18(24-11-20(34)15-41(24)2)43-26-12-27(44-25-14-37-33(25)16-42-17-33)39-31(38-26)29-21-6-4-10-32(30(21)45-40-29)9-3-5-19-7-8-23(36)22(13-35)28(19)32/h7-8,12,18,20,24-25,37H,3-6,9-11,14-17,36H2,1-2H3/t18-,20+,24-,25+,32+/m0/s1. The first-order valence-electron chi connectivity index (χ1n) is 16.0. The SMILES string of the molecule is C[C@H](Oc1cc(O[C@@H]2CNC23COC3)nc(-c2noc3c2CCC[C@@]32CCCc3ccc(N)c(C#N)c32)n1)[C@@H]1C[C@@H](F)CN1C. The molecule has 3 fully saturated rings. The van der Waals surface area contributed by atoms with Crippen LogP contribution in [0.2, 0.25) is 0 Å². The van der Waals surface area contributed by atoms with Crippen LogP contribution in [0.5, 0.6) is 11.8 Å². The molecule has 0 radical (unpaired) electrons. The highest BCUT2D eigenvalue weighted by Crippen LogP contribution is 2.53. The molecule has 0 amide bonds. The molecule has 3 aromatic rings. The number of halogens is 1. The summed E-state index contributed by atoms with van der Waals surface area (Å²) in [5, 5.41) is 18.2. The number of nitrogens with two attached hydrogens (primary N) is 1. The van der Waals surface area contributed by atoms with E-state index in [2.05, 4.69) is 22.6 Å². The second kappa shape index (κ2) is 10.6. The van der Waals surface area contributed by atoms with E-state index in [1.165, 1.54) is 0 Å². The Balaban J connectivity index is 1.19. The van der Waals surface area contributed by atoms with Gasteiger partial charge in [0.15, 0.2) is 17.3 Å². The van der Waals surface area contributed by atoms with Crippen LogP contribution >= 0.6 is 0 Å². The van der Waals surface area contributed by atoms with E-state index in [9.17, 15) is 9.65 Å². The molecule has 236 valence electrons. The van der Waals surface area contributed by atoms with E-state index in [-0.39, 0.29) is 23.8 Å². The highest BCUT2D eigenvalue weighted by atomic mass is 19.1. The van der Waals surface area contributed by atoms with E-state index in [0.717, 1.165) is 61.0 Å². The van der Waals surface area contributed by atoms with Crippen molar-refractivity contribution in [2.45, 2.75) is 87.2 Å². The molecule has 1 aromatic carbocycles. The summed E-state index contributed by atoms with van der Waals surface area (Å²) < 4.78 is 38.7. The predicted molar refractivity (Wildman–Crippen MR) is 162 cm³/mol. The van der Waals surface area contributed by atoms with Gasteiger partial charge in [0.25, 0.3) is 0 Å². The number of nitrogens with zero attached hydrogens (tertiary/aromatic N) is 5. The molecule has 5 atom stereocenters. The number of nitrogens with one attached hydrogen (secondary N) is 1. The van der Waals surface area contributed by atoms with E-state index in [0.29, 0.717) is 67.3 Å². The van der Waals surface area contributed by atoms with Gasteiger partial charge < -0.3 is 29.8 Å². The zero-order valence-corrected chi connectivity index (χ0v) is 25.6. The van der Waals surface area contributed by atoms with E-state index in [1.807, 2.05) is 24.9 Å². The third-order valence-corrected chi connectivity index (χ3v) is 10.7. The summed E-state index contributed by atoms with van der Waals surface area (Å²) in [7, 11) is 1.92. The van der Waals surface area contributed by atoms with Crippen molar-refractivity contribution >= 4 is 5.69 Å². The van der Waals surface area contributed by atoms with Gasteiger partial charge in [-0.1, -0.05) is 11.2 Å². The van der Waals surface area contributed by atoms with Crippen molar-refractivity contribution in [2.24, 2.45) is 0 Å². The Morgan fingerprint density at radius 1 is 1.20 bits per heavy atom. The zero-order valence-electron chi connectivity index (χ0n) is 25.6. The van der Waals surface area contributed by atoms with Crippen LogP contribution in [0, 0.1) is 11.3 Å². The molecular formula is C33H38FN7O4.